The quantitative estimate of drug-likeness (QED) is 0.253. The molecular weight excluding hydrogens is 416 g/mol. The second kappa shape index (κ2) is 9.30. The zero-order chi connectivity index (χ0) is 19.8. The largest absolute Gasteiger partial charge is 0.741 e. The molecule has 0 spiro atoms. The summed E-state index contributed by atoms with van der Waals surface area (Å²) in [5.74, 6) is 0. The van der Waals surface area contributed by atoms with Crippen molar-refractivity contribution in [3.63, 3.8) is 0 Å². The van der Waals surface area contributed by atoms with Gasteiger partial charge in [-0.3, -0.25) is 4.55 Å². The molecule has 0 atom stereocenters. The molecule has 0 aromatic carbocycles. The molecule has 24 heavy (non-hydrogen) atoms. The third kappa shape index (κ3) is 11.3. The van der Waals surface area contributed by atoms with E-state index in [1.54, 1.807) is 11.3 Å². The Bertz CT molecular complexity index is 650. The third-order valence-corrected chi connectivity index (χ3v) is 3.27. The lowest BCUT2D eigenvalue weighted by Gasteiger charge is -2.08. The zero-order valence-electron chi connectivity index (χ0n) is 11.2. The predicted octanol–water partition coefficient (Wildman–Crippen LogP) is 1.67. The normalized spacial score (nSPS) is 12.3. The molecular formula is C8H9F6NO6S3. The first kappa shape index (κ1) is 25.0. The predicted molar refractivity (Wildman–Crippen MR) is 68.1 cm³/mol. The number of thiazole rings is 1. The minimum atomic E-state index is -6.09. The van der Waals surface area contributed by atoms with Gasteiger partial charge in [-0.25, -0.2) is 8.42 Å². The fraction of sp³-hybridized carbons (Fsp3) is 0.375. The number of aromatic nitrogens is 1. The van der Waals surface area contributed by atoms with Crippen LogP contribution in [0.2, 0.25) is 0 Å². The fourth-order valence-electron chi connectivity index (χ4n) is 0.515. The first-order chi connectivity index (χ1) is 10.4. The molecule has 1 rings (SSSR count). The lowest BCUT2D eigenvalue weighted by atomic mass is 10.6. The monoisotopic (exact) mass is 425 g/mol. The molecule has 7 nitrogen and oxygen atoms in total. The topological polar surface area (TPSA) is 115 Å². The fourth-order valence-corrected chi connectivity index (χ4v) is 1.12. The average Bonchev–Trinajstić information content (AvgIpc) is 2.78. The number of hydrogen-bond acceptors (Lipinski definition) is 6. The van der Waals surface area contributed by atoms with Crippen LogP contribution in [0.15, 0.2) is 29.7 Å². The zero-order valence-corrected chi connectivity index (χ0v) is 13.6. The molecule has 1 aromatic heterocycles. The highest BCUT2D eigenvalue weighted by atomic mass is 32.2. The van der Waals surface area contributed by atoms with Gasteiger partial charge in [0.2, 0.25) is 5.51 Å². The summed E-state index contributed by atoms with van der Waals surface area (Å²) in [6.07, 6.45) is 3.92. The van der Waals surface area contributed by atoms with Gasteiger partial charge in [-0.15, -0.1) is 0 Å². The molecule has 16 heteroatoms. The van der Waals surface area contributed by atoms with Gasteiger partial charge < -0.3 is 4.55 Å². The first-order valence-electron chi connectivity index (χ1n) is 5.01. The number of alkyl halides is 6. The highest BCUT2D eigenvalue weighted by Gasteiger charge is 2.44. The lowest BCUT2D eigenvalue weighted by molar-refractivity contribution is -0.682. The van der Waals surface area contributed by atoms with Crippen LogP contribution in [0.4, 0.5) is 26.3 Å². The van der Waals surface area contributed by atoms with Crippen molar-refractivity contribution in [2.75, 3.05) is 0 Å². The molecule has 0 saturated heterocycles. The molecule has 1 aromatic rings. The van der Waals surface area contributed by atoms with Crippen LogP contribution in [0, 0.1) is 0 Å². The van der Waals surface area contributed by atoms with E-state index in [-0.39, 0.29) is 0 Å². The molecule has 1 heterocycles. The highest BCUT2D eigenvalue weighted by Crippen LogP contribution is 2.21. The molecule has 0 saturated carbocycles. The van der Waals surface area contributed by atoms with Gasteiger partial charge in [0.05, 0.1) is 5.38 Å². The Balaban J connectivity index is 0. The maximum absolute atomic E-state index is 10.7. The molecule has 0 bridgehead atoms. The second-order valence-corrected chi connectivity index (χ2v) is 6.87. The van der Waals surface area contributed by atoms with Crippen LogP contribution in [-0.4, -0.2) is 37.0 Å². The first-order valence-corrected chi connectivity index (χ1v) is 8.80. The highest BCUT2D eigenvalue weighted by molar-refractivity contribution is 7.86. The van der Waals surface area contributed by atoms with E-state index in [0.717, 1.165) is 6.54 Å². The van der Waals surface area contributed by atoms with Crippen LogP contribution in [0.25, 0.3) is 0 Å². The van der Waals surface area contributed by atoms with Crippen LogP contribution in [0.1, 0.15) is 0 Å². The Morgan fingerprint density at radius 3 is 1.67 bits per heavy atom. The van der Waals surface area contributed by atoms with E-state index in [9.17, 15) is 26.3 Å². The van der Waals surface area contributed by atoms with Crippen LogP contribution < -0.4 is 4.57 Å². The van der Waals surface area contributed by atoms with Gasteiger partial charge in [0.1, 0.15) is 0 Å². The molecule has 0 radical (unpaired) electrons. The Morgan fingerprint density at radius 2 is 1.50 bits per heavy atom. The molecule has 0 fully saturated rings. The van der Waals surface area contributed by atoms with Gasteiger partial charge >= 0.3 is 21.1 Å². The van der Waals surface area contributed by atoms with Crippen molar-refractivity contribution in [3.8, 4) is 0 Å². The SMILES string of the molecule is C=CC[n+]1ccsc1.O=S(=O)(O)C(F)(F)F.O=S(=O)([O-])C(F)(F)F. The van der Waals surface area contributed by atoms with E-state index in [1.807, 2.05) is 17.7 Å². The summed E-state index contributed by atoms with van der Waals surface area (Å²) in [5.41, 5.74) is -9.12. The Kier molecular flexibility index (Phi) is 9.70. The van der Waals surface area contributed by atoms with E-state index < -0.39 is 31.3 Å². The summed E-state index contributed by atoms with van der Waals surface area (Å²) in [6.45, 7) is 4.54. The summed E-state index contributed by atoms with van der Waals surface area (Å²) >= 11 is 1.69. The van der Waals surface area contributed by atoms with Gasteiger partial charge in [-0.2, -0.15) is 39.3 Å². The van der Waals surface area contributed by atoms with Crippen molar-refractivity contribution >= 4 is 31.6 Å². The number of hydrogen-bond donors (Lipinski definition) is 1. The van der Waals surface area contributed by atoms with E-state index in [0.29, 0.717) is 0 Å². The van der Waals surface area contributed by atoms with Crippen molar-refractivity contribution in [1.29, 1.82) is 0 Å². The number of rotatable bonds is 2. The van der Waals surface area contributed by atoms with Gasteiger partial charge in [0.25, 0.3) is 0 Å². The number of nitrogens with zero attached hydrogens (tertiary/aromatic N) is 1. The van der Waals surface area contributed by atoms with Gasteiger partial charge in [-0.1, -0.05) is 17.9 Å². The maximum atomic E-state index is 10.7. The summed E-state index contributed by atoms with van der Waals surface area (Å²) in [7, 11) is -11.9. The maximum Gasteiger partial charge on any atom is 0.522 e. The van der Waals surface area contributed by atoms with Crippen LogP contribution in [0.3, 0.4) is 0 Å². The molecule has 0 aliphatic heterocycles. The van der Waals surface area contributed by atoms with E-state index in [1.165, 1.54) is 0 Å². The van der Waals surface area contributed by atoms with Crippen LogP contribution >= 0.6 is 11.3 Å². The summed E-state index contributed by atoms with van der Waals surface area (Å²) < 4.78 is 119. The van der Waals surface area contributed by atoms with E-state index in [4.69, 9.17) is 25.9 Å². The summed E-state index contributed by atoms with van der Waals surface area (Å²) in [6, 6.07) is 0. The minimum Gasteiger partial charge on any atom is -0.741 e. The summed E-state index contributed by atoms with van der Waals surface area (Å²) in [5, 5.41) is 2.05. The Hall–Kier alpha value is -1.23. The molecule has 0 unspecified atom stereocenters. The van der Waals surface area contributed by atoms with Crippen molar-refractivity contribution < 1.29 is 56.9 Å². The molecule has 142 valence electrons. The number of allylic oxidation sites excluding steroid dienone is 1. The van der Waals surface area contributed by atoms with Gasteiger partial charge in [-0.05, 0) is 6.08 Å². The van der Waals surface area contributed by atoms with Gasteiger partial charge in [0.15, 0.2) is 22.9 Å². The van der Waals surface area contributed by atoms with Crippen LogP contribution in [0.5, 0.6) is 0 Å². The molecule has 0 aliphatic rings. The number of halogens is 6. The third-order valence-electron chi connectivity index (χ3n) is 1.44. The Morgan fingerprint density at radius 1 is 1.12 bits per heavy atom. The minimum absolute atomic E-state index is 0.920. The second-order valence-electron chi connectivity index (χ2n) is 3.33. The standard InChI is InChI=1S/C6H8NS.2CHF3O3S/c1-2-3-7-4-5-8-6-7;2*2-1(3,4)8(5,6)7/h2,4-6H,1,3H2;2*(H,5,6,7)/q+1;;/p-1. The van der Waals surface area contributed by atoms with E-state index >= 15 is 0 Å². The van der Waals surface area contributed by atoms with Crippen molar-refractivity contribution in [2.24, 2.45) is 0 Å². The van der Waals surface area contributed by atoms with Gasteiger partial charge in [0, 0.05) is 0 Å². The lowest BCUT2D eigenvalue weighted by Crippen LogP contribution is -2.28. The van der Waals surface area contributed by atoms with E-state index in [2.05, 4.69) is 16.7 Å². The molecule has 1 N–H and O–H groups in total. The average molecular weight is 425 g/mol. The smallest absolute Gasteiger partial charge is 0.522 e. The van der Waals surface area contributed by atoms with Crippen molar-refractivity contribution in [3.05, 3.63) is 29.7 Å². The van der Waals surface area contributed by atoms with Crippen molar-refractivity contribution in [2.45, 2.75) is 17.6 Å². The Labute approximate surface area is 136 Å². The van der Waals surface area contributed by atoms with Crippen LogP contribution in [-0.2, 0) is 26.8 Å². The molecule has 0 aliphatic carbocycles. The molecule has 0 amide bonds. The van der Waals surface area contributed by atoms with Crippen molar-refractivity contribution in [1.82, 2.24) is 0 Å². The summed E-state index contributed by atoms with van der Waals surface area (Å²) in [4.78, 5) is 0.